The molecule has 31 heavy (non-hydrogen) atoms. The summed E-state index contributed by atoms with van der Waals surface area (Å²) in [6.45, 7) is 11.0. The van der Waals surface area contributed by atoms with E-state index in [2.05, 4.69) is 47.1 Å². The molecule has 4 rings (SSSR count). The second-order valence-electron chi connectivity index (χ2n) is 7.39. The number of nitrogens with zero attached hydrogens (tertiary/aromatic N) is 4. The molecule has 0 amide bonds. The van der Waals surface area contributed by atoms with Crippen LogP contribution in [0.3, 0.4) is 0 Å². The maximum atomic E-state index is 5.54. The first-order chi connectivity index (χ1) is 15.1. The molecule has 0 bridgehead atoms. The number of ether oxygens (including phenoxy) is 1. The molecular formula is C24H27N5O2. The largest absolute Gasteiger partial charge is 0.460 e. The van der Waals surface area contributed by atoms with E-state index in [1.807, 2.05) is 48.0 Å². The lowest BCUT2D eigenvalue weighted by Crippen LogP contribution is -2.37. The lowest BCUT2D eigenvalue weighted by Gasteiger charge is -2.31. The standard InChI is InChI=1S/C24H27N5O2/c1-18(26-25-17-22-10-9-20(3)31-22)15-24(28-11-13-30-14-12-28)29-19(2)16-23(27-29)21-7-5-4-6-8-21/h4-10,15-17,26H,1,11-14H2,2-3H3/b24-15-,25-17+. The van der Waals surface area contributed by atoms with Gasteiger partial charge in [0.25, 0.3) is 0 Å². The number of hydrazone groups is 1. The van der Waals surface area contributed by atoms with Crippen LogP contribution in [0.25, 0.3) is 17.1 Å². The number of hydrogen-bond acceptors (Lipinski definition) is 6. The molecule has 1 fully saturated rings. The Morgan fingerprint density at radius 2 is 1.90 bits per heavy atom. The van der Waals surface area contributed by atoms with E-state index in [4.69, 9.17) is 14.3 Å². The van der Waals surface area contributed by atoms with Gasteiger partial charge in [0, 0.05) is 30.4 Å². The van der Waals surface area contributed by atoms with Crippen LogP contribution in [0.15, 0.2) is 76.4 Å². The molecule has 2 aromatic heterocycles. The van der Waals surface area contributed by atoms with Gasteiger partial charge >= 0.3 is 0 Å². The number of nitrogens with one attached hydrogen (secondary N) is 1. The van der Waals surface area contributed by atoms with Crippen molar-refractivity contribution in [2.75, 3.05) is 26.3 Å². The molecule has 3 heterocycles. The van der Waals surface area contributed by atoms with Crippen molar-refractivity contribution in [3.8, 4) is 11.3 Å². The summed E-state index contributed by atoms with van der Waals surface area (Å²) in [5.74, 6) is 2.47. The molecule has 1 N–H and O–H groups in total. The Kier molecular flexibility index (Phi) is 6.33. The normalized spacial score (nSPS) is 14.9. The second-order valence-corrected chi connectivity index (χ2v) is 7.39. The summed E-state index contributed by atoms with van der Waals surface area (Å²) in [4.78, 5) is 2.25. The van der Waals surface area contributed by atoms with Gasteiger partial charge in [0.2, 0.25) is 0 Å². The second kappa shape index (κ2) is 9.49. The minimum Gasteiger partial charge on any atom is -0.460 e. The van der Waals surface area contributed by atoms with Crippen LogP contribution >= 0.6 is 0 Å². The lowest BCUT2D eigenvalue weighted by atomic mass is 10.1. The third-order valence-electron chi connectivity index (χ3n) is 4.97. The van der Waals surface area contributed by atoms with Gasteiger partial charge in [-0.05, 0) is 32.0 Å². The highest BCUT2D eigenvalue weighted by molar-refractivity contribution is 5.75. The van der Waals surface area contributed by atoms with Gasteiger partial charge in [-0.1, -0.05) is 36.9 Å². The van der Waals surface area contributed by atoms with E-state index in [-0.39, 0.29) is 0 Å². The lowest BCUT2D eigenvalue weighted by molar-refractivity contribution is 0.0611. The molecule has 1 saturated heterocycles. The van der Waals surface area contributed by atoms with Crippen molar-refractivity contribution >= 4 is 12.0 Å². The molecule has 7 nitrogen and oxygen atoms in total. The summed E-state index contributed by atoms with van der Waals surface area (Å²) in [6.07, 6.45) is 3.60. The molecule has 1 aromatic carbocycles. The fourth-order valence-corrected chi connectivity index (χ4v) is 3.42. The zero-order valence-corrected chi connectivity index (χ0v) is 17.9. The minimum absolute atomic E-state index is 0.650. The average Bonchev–Trinajstić information content (AvgIpc) is 3.38. The molecule has 7 heteroatoms. The molecule has 0 aliphatic carbocycles. The molecule has 160 valence electrons. The first-order valence-electron chi connectivity index (χ1n) is 10.3. The van der Waals surface area contributed by atoms with Crippen LogP contribution < -0.4 is 5.43 Å². The highest BCUT2D eigenvalue weighted by Gasteiger charge is 2.19. The molecule has 1 aliphatic rings. The third-order valence-corrected chi connectivity index (χ3v) is 4.97. The number of hydrogen-bond donors (Lipinski definition) is 1. The predicted octanol–water partition coefficient (Wildman–Crippen LogP) is 4.03. The van der Waals surface area contributed by atoms with Crippen LogP contribution in [0.4, 0.5) is 0 Å². The Balaban J connectivity index is 1.59. The molecule has 0 spiro atoms. The van der Waals surface area contributed by atoms with Crippen molar-refractivity contribution in [1.82, 2.24) is 20.1 Å². The average molecular weight is 418 g/mol. The van der Waals surface area contributed by atoms with Crippen LogP contribution in [-0.4, -0.2) is 47.2 Å². The van der Waals surface area contributed by atoms with Crippen LogP contribution in [0.1, 0.15) is 17.2 Å². The van der Waals surface area contributed by atoms with Gasteiger partial charge in [0.05, 0.1) is 30.8 Å². The van der Waals surface area contributed by atoms with Crippen molar-refractivity contribution in [3.05, 3.63) is 84.1 Å². The van der Waals surface area contributed by atoms with Crippen LogP contribution in [-0.2, 0) is 4.74 Å². The first-order valence-corrected chi connectivity index (χ1v) is 10.3. The Bertz CT molecular complexity index is 1090. The summed E-state index contributed by atoms with van der Waals surface area (Å²) in [5.41, 5.74) is 6.68. The van der Waals surface area contributed by atoms with Gasteiger partial charge in [0.15, 0.2) is 0 Å². The highest BCUT2D eigenvalue weighted by Crippen LogP contribution is 2.23. The van der Waals surface area contributed by atoms with Crippen molar-refractivity contribution in [2.45, 2.75) is 13.8 Å². The molecule has 0 radical (unpaired) electrons. The van der Waals surface area contributed by atoms with Gasteiger partial charge in [0.1, 0.15) is 17.3 Å². The van der Waals surface area contributed by atoms with E-state index in [0.29, 0.717) is 24.7 Å². The summed E-state index contributed by atoms with van der Waals surface area (Å²) in [6, 6.07) is 16.0. The first kappa shape index (κ1) is 20.7. The Hall–Kier alpha value is -3.58. The number of aryl methyl sites for hydroxylation is 2. The zero-order valence-electron chi connectivity index (χ0n) is 17.9. The van der Waals surface area contributed by atoms with E-state index in [9.17, 15) is 0 Å². The van der Waals surface area contributed by atoms with Gasteiger partial charge < -0.3 is 14.1 Å². The summed E-state index contributed by atoms with van der Waals surface area (Å²) in [7, 11) is 0. The number of furan rings is 1. The quantitative estimate of drug-likeness (QED) is 0.357. The molecular weight excluding hydrogens is 390 g/mol. The number of benzene rings is 1. The fourth-order valence-electron chi connectivity index (χ4n) is 3.42. The maximum absolute atomic E-state index is 5.54. The van der Waals surface area contributed by atoms with E-state index < -0.39 is 0 Å². The van der Waals surface area contributed by atoms with Crippen molar-refractivity contribution in [2.24, 2.45) is 5.10 Å². The van der Waals surface area contributed by atoms with E-state index in [1.165, 1.54) is 0 Å². The Morgan fingerprint density at radius 3 is 2.61 bits per heavy atom. The molecule has 0 unspecified atom stereocenters. The third kappa shape index (κ3) is 5.13. The fraction of sp³-hybridized carbons (Fsp3) is 0.250. The summed E-state index contributed by atoms with van der Waals surface area (Å²) >= 11 is 0. The monoisotopic (exact) mass is 417 g/mol. The predicted molar refractivity (Wildman–Crippen MR) is 122 cm³/mol. The maximum Gasteiger partial charge on any atom is 0.147 e. The van der Waals surface area contributed by atoms with Crippen molar-refractivity contribution < 1.29 is 9.15 Å². The van der Waals surface area contributed by atoms with Crippen molar-refractivity contribution in [1.29, 1.82) is 0 Å². The summed E-state index contributed by atoms with van der Waals surface area (Å²) in [5, 5.41) is 9.12. The van der Waals surface area contributed by atoms with Gasteiger partial charge in [-0.3, -0.25) is 5.43 Å². The van der Waals surface area contributed by atoms with Gasteiger partial charge in [-0.2, -0.15) is 10.2 Å². The molecule has 0 atom stereocenters. The SMILES string of the molecule is C=C(/C=C(/N1CCOCC1)n1nc(-c2ccccc2)cc1C)N/N=C/c1ccc(C)o1. The van der Waals surface area contributed by atoms with E-state index >= 15 is 0 Å². The van der Waals surface area contributed by atoms with E-state index in [0.717, 1.165) is 41.6 Å². The Labute approximate surface area is 182 Å². The van der Waals surface area contributed by atoms with Gasteiger partial charge in [-0.15, -0.1) is 0 Å². The van der Waals surface area contributed by atoms with Gasteiger partial charge in [-0.25, -0.2) is 4.68 Å². The van der Waals surface area contributed by atoms with Crippen LogP contribution in [0.2, 0.25) is 0 Å². The van der Waals surface area contributed by atoms with Crippen LogP contribution in [0, 0.1) is 13.8 Å². The molecule has 0 saturated carbocycles. The highest BCUT2D eigenvalue weighted by atomic mass is 16.5. The minimum atomic E-state index is 0.650. The number of allylic oxidation sites excluding steroid dienone is 1. The Morgan fingerprint density at radius 1 is 1.13 bits per heavy atom. The molecule has 1 aliphatic heterocycles. The zero-order chi connectivity index (χ0) is 21.6. The smallest absolute Gasteiger partial charge is 0.147 e. The number of rotatable bonds is 7. The van der Waals surface area contributed by atoms with Crippen molar-refractivity contribution in [3.63, 3.8) is 0 Å². The van der Waals surface area contributed by atoms with E-state index in [1.54, 1.807) is 6.21 Å². The topological polar surface area (TPSA) is 67.8 Å². The summed E-state index contributed by atoms with van der Waals surface area (Å²) < 4.78 is 13.0. The number of aromatic nitrogens is 2. The molecule has 3 aromatic rings. The van der Waals surface area contributed by atoms with Crippen LogP contribution in [0.5, 0.6) is 0 Å². The number of morpholine rings is 1.